The van der Waals surface area contributed by atoms with Crippen LogP contribution < -0.4 is 10.9 Å². The van der Waals surface area contributed by atoms with Crippen molar-refractivity contribution in [3.8, 4) is 0 Å². The fourth-order valence-corrected chi connectivity index (χ4v) is 1.14. The monoisotopic (exact) mass is 274 g/mol. The number of hydrogen-bond acceptors (Lipinski definition) is 6. The Labute approximate surface area is 113 Å². The standard InChI is InChI=1S/C12H10N4O4/c17-11(15-13-7-9-3-1-5-19-9)12(18)16-14-8-10-4-2-6-20-10/h1-8H,(H,15,17)(H,16,18). The Morgan fingerprint density at radius 1 is 0.900 bits per heavy atom. The highest BCUT2D eigenvalue weighted by molar-refractivity contribution is 6.35. The molecule has 0 aliphatic carbocycles. The molecule has 2 aromatic rings. The van der Waals surface area contributed by atoms with Crippen LogP contribution in [0.4, 0.5) is 0 Å². The van der Waals surface area contributed by atoms with Crippen LogP contribution in [0.25, 0.3) is 0 Å². The van der Waals surface area contributed by atoms with E-state index in [2.05, 4.69) is 10.2 Å². The minimum atomic E-state index is -0.954. The van der Waals surface area contributed by atoms with E-state index in [4.69, 9.17) is 8.83 Å². The minimum Gasteiger partial charge on any atom is -0.463 e. The van der Waals surface area contributed by atoms with Crippen LogP contribution in [-0.2, 0) is 9.59 Å². The van der Waals surface area contributed by atoms with E-state index in [0.717, 1.165) is 0 Å². The summed E-state index contributed by atoms with van der Waals surface area (Å²) in [5, 5.41) is 7.09. The second-order valence-electron chi connectivity index (χ2n) is 3.43. The molecule has 0 saturated heterocycles. The average molecular weight is 274 g/mol. The number of carbonyl (C=O) groups excluding carboxylic acids is 2. The third-order valence-electron chi connectivity index (χ3n) is 2.01. The summed E-state index contributed by atoms with van der Waals surface area (Å²) < 4.78 is 9.89. The van der Waals surface area contributed by atoms with Crippen LogP contribution in [0.1, 0.15) is 11.5 Å². The largest absolute Gasteiger partial charge is 0.463 e. The maximum absolute atomic E-state index is 11.3. The smallest absolute Gasteiger partial charge is 0.331 e. The lowest BCUT2D eigenvalue weighted by molar-refractivity contribution is -0.139. The second kappa shape index (κ2) is 6.69. The van der Waals surface area contributed by atoms with Gasteiger partial charge in [0.1, 0.15) is 11.5 Å². The molecule has 0 aliphatic rings. The van der Waals surface area contributed by atoms with Gasteiger partial charge in [-0.2, -0.15) is 10.2 Å². The van der Waals surface area contributed by atoms with Crippen molar-refractivity contribution in [2.24, 2.45) is 10.2 Å². The van der Waals surface area contributed by atoms with Gasteiger partial charge in [0.25, 0.3) is 0 Å². The fraction of sp³-hybridized carbons (Fsp3) is 0. The summed E-state index contributed by atoms with van der Waals surface area (Å²) in [5.41, 5.74) is 4.05. The average Bonchev–Trinajstić information content (AvgIpc) is 3.11. The van der Waals surface area contributed by atoms with Crippen molar-refractivity contribution in [3.05, 3.63) is 48.3 Å². The van der Waals surface area contributed by atoms with Crippen molar-refractivity contribution < 1.29 is 18.4 Å². The van der Waals surface area contributed by atoms with E-state index >= 15 is 0 Å². The first-order valence-corrected chi connectivity index (χ1v) is 5.49. The molecular formula is C12H10N4O4. The molecule has 0 unspecified atom stereocenters. The third kappa shape index (κ3) is 3.95. The number of carbonyl (C=O) groups is 2. The van der Waals surface area contributed by atoms with Crippen LogP contribution in [0.2, 0.25) is 0 Å². The van der Waals surface area contributed by atoms with Crippen LogP contribution in [0, 0.1) is 0 Å². The fourth-order valence-electron chi connectivity index (χ4n) is 1.14. The van der Waals surface area contributed by atoms with Crippen molar-refractivity contribution in [2.75, 3.05) is 0 Å². The van der Waals surface area contributed by atoms with Gasteiger partial charge in [-0.25, -0.2) is 10.9 Å². The van der Waals surface area contributed by atoms with Crippen LogP contribution in [0.15, 0.2) is 55.8 Å². The molecule has 2 amide bonds. The van der Waals surface area contributed by atoms with Gasteiger partial charge in [-0.1, -0.05) is 0 Å². The molecule has 20 heavy (non-hydrogen) atoms. The first-order chi connectivity index (χ1) is 9.75. The van der Waals surface area contributed by atoms with E-state index < -0.39 is 11.8 Å². The van der Waals surface area contributed by atoms with Crippen LogP contribution in [0.3, 0.4) is 0 Å². The lowest BCUT2D eigenvalue weighted by Gasteiger charge is -1.96. The molecule has 0 atom stereocenters. The van der Waals surface area contributed by atoms with Crippen LogP contribution in [0.5, 0.6) is 0 Å². The minimum absolute atomic E-state index is 0.446. The Bertz CT molecular complexity index is 558. The van der Waals surface area contributed by atoms with Crippen molar-refractivity contribution in [1.82, 2.24) is 10.9 Å². The highest BCUT2D eigenvalue weighted by Crippen LogP contribution is 1.95. The summed E-state index contributed by atoms with van der Waals surface area (Å²) >= 11 is 0. The summed E-state index contributed by atoms with van der Waals surface area (Å²) in [4.78, 5) is 22.6. The zero-order valence-electron chi connectivity index (χ0n) is 10.1. The van der Waals surface area contributed by atoms with Gasteiger partial charge in [-0.15, -0.1) is 0 Å². The quantitative estimate of drug-likeness (QED) is 0.480. The summed E-state index contributed by atoms with van der Waals surface area (Å²) in [7, 11) is 0. The third-order valence-corrected chi connectivity index (χ3v) is 2.01. The number of furan rings is 2. The van der Waals surface area contributed by atoms with Gasteiger partial charge in [0.15, 0.2) is 0 Å². The molecule has 0 fully saturated rings. The second-order valence-corrected chi connectivity index (χ2v) is 3.43. The van der Waals surface area contributed by atoms with Gasteiger partial charge in [0, 0.05) is 0 Å². The van der Waals surface area contributed by atoms with E-state index in [9.17, 15) is 9.59 Å². The van der Waals surface area contributed by atoms with Crippen LogP contribution in [-0.4, -0.2) is 24.2 Å². The van der Waals surface area contributed by atoms with Gasteiger partial charge in [-0.05, 0) is 24.3 Å². The molecule has 8 nitrogen and oxygen atoms in total. The first kappa shape index (κ1) is 13.3. The highest BCUT2D eigenvalue weighted by Gasteiger charge is 2.11. The lowest BCUT2D eigenvalue weighted by atomic mass is 10.5. The molecular weight excluding hydrogens is 264 g/mol. The predicted molar refractivity (Wildman–Crippen MR) is 68.9 cm³/mol. The number of rotatable bonds is 4. The van der Waals surface area contributed by atoms with Crippen LogP contribution >= 0.6 is 0 Å². The molecule has 8 heteroatoms. The Hall–Kier alpha value is -3.16. The molecule has 0 bridgehead atoms. The number of amides is 2. The molecule has 2 heterocycles. The lowest BCUT2D eigenvalue weighted by Crippen LogP contribution is -2.35. The highest BCUT2D eigenvalue weighted by atomic mass is 16.3. The molecule has 0 spiro atoms. The van der Waals surface area contributed by atoms with Gasteiger partial charge in [0.05, 0.1) is 25.0 Å². The Balaban J connectivity index is 1.76. The first-order valence-electron chi connectivity index (χ1n) is 5.49. The molecule has 0 saturated carbocycles. The van der Waals surface area contributed by atoms with Gasteiger partial charge in [0.2, 0.25) is 0 Å². The molecule has 2 rings (SSSR count). The van der Waals surface area contributed by atoms with Gasteiger partial charge in [-0.3, -0.25) is 9.59 Å². The number of hydrogen-bond donors (Lipinski definition) is 2. The van der Waals surface area contributed by atoms with E-state index in [1.165, 1.54) is 25.0 Å². The zero-order valence-corrected chi connectivity index (χ0v) is 10.1. The van der Waals surface area contributed by atoms with E-state index in [0.29, 0.717) is 11.5 Å². The van der Waals surface area contributed by atoms with Gasteiger partial charge < -0.3 is 8.83 Å². The SMILES string of the molecule is O=C(NN=Cc1ccco1)C(=O)NN=Cc1ccco1. The van der Waals surface area contributed by atoms with Crippen molar-refractivity contribution in [3.63, 3.8) is 0 Å². The molecule has 0 aromatic carbocycles. The van der Waals surface area contributed by atoms with Crippen molar-refractivity contribution >= 4 is 24.2 Å². The van der Waals surface area contributed by atoms with E-state index in [1.54, 1.807) is 24.3 Å². The number of nitrogens with zero attached hydrogens (tertiary/aromatic N) is 2. The Morgan fingerprint density at radius 2 is 1.35 bits per heavy atom. The normalized spacial score (nSPS) is 11.0. The summed E-state index contributed by atoms with van der Waals surface area (Å²) in [5.74, 6) is -1.02. The topological polar surface area (TPSA) is 109 Å². The zero-order chi connectivity index (χ0) is 14.2. The number of hydrazone groups is 2. The molecule has 2 aromatic heterocycles. The summed E-state index contributed by atoms with van der Waals surface area (Å²) in [6.07, 6.45) is 5.44. The number of nitrogens with one attached hydrogen (secondary N) is 2. The Morgan fingerprint density at radius 3 is 1.70 bits per heavy atom. The van der Waals surface area contributed by atoms with E-state index in [1.807, 2.05) is 10.9 Å². The maximum Gasteiger partial charge on any atom is 0.331 e. The summed E-state index contributed by atoms with van der Waals surface area (Å²) in [6.45, 7) is 0. The van der Waals surface area contributed by atoms with E-state index in [-0.39, 0.29) is 0 Å². The van der Waals surface area contributed by atoms with Gasteiger partial charge >= 0.3 is 11.8 Å². The molecule has 0 radical (unpaired) electrons. The predicted octanol–water partition coefficient (Wildman–Crippen LogP) is 0.473. The molecule has 2 N–H and O–H groups in total. The van der Waals surface area contributed by atoms with Crippen molar-refractivity contribution in [1.29, 1.82) is 0 Å². The van der Waals surface area contributed by atoms with Crippen molar-refractivity contribution in [2.45, 2.75) is 0 Å². The Kier molecular flexibility index (Phi) is 4.44. The maximum atomic E-state index is 11.3. The molecule has 0 aliphatic heterocycles. The summed E-state index contributed by atoms with van der Waals surface area (Å²) in [6, 6.07) is 6.62. The molecule has 102 valence electrons.